The van der Waals surface area contributed by atoms with Crippen molar-refractivity contribution in [3.05, 3.63) is 61.2 Å². The third-order valence-corrected chi connectivity index (χ3v) is 4.02. The topological polar surface area (TPSA) is 48.0 Å². The number of anilines is 1. The molecule has 3 nitrogen and oxygen atoms in total. The molecule has 0 aliphatic carbocycles. The van der Waals surface area contributed by atoms with Crippen LogP contribution in [0.2, 0.25) is 5.02 Å². The lowest BCUT2D eigenvalue weighted by Gasteiger charge is -2.11. The van der Waals surface area contributed by atoms with Crippen LogP contribution in [0, 0.1) is 12.7 Å². The van der Waals surface area contributed by atoms with Gasteiger partial charge in [0, 0.05) is 16.8 Å². The van der Waals surface area contributed by atoms with Gasteiger partial charge in [-0.3, -0.25) is 4.79 Å². The first-order chi connectivity index (χ1) is 8.90. The number of nitrogens with two attached hydrogens (primary N) is 1. The van der Waals surface area contributed by atoms with E-state index in [1.54, 1.807) is 6.92 Å². The molecule has 0 bridgehead atoms. The molecule has 1 aromatic heterocycles. The van der Waals surface area contributed by atoms with Gasteiger partial charge >= 0.3 is 0 Å². The van der Waals surface area contributed by atoms with E-state index in [0.29, 0.717) is 26.3 Å². The third-order valence-electron chi connectivity index (χ3n) is 2.85. The lowest BCUT2D eigenvalue weighted by molar-refractivity contribution is 0.596. The summed E-state index contributed by atoms with van der Waals surface area (Å²) in [7, 11) is 0. The molecule has 19 heavy (non-hydrogen) atoms. The van der Waals surface area contributed by atoms with Gasteiger partial charge in [0.15, 0.2) is 0 Å². The highest BCUT2D eigenvalue weighted by atomic mass is 79.9. The SMILES string of the molecule is Cc1c(N)cn(Cc2cc(Cl)ccc2F)c(=O)c1Br. The number of aromatic nitrogens is 1. The number of benzene rings is 1. The highest BCUT2D eigenvalue weighted by Gasteiger charge is 2.10. The largest absolute Gasteiger partial charge is 0.397 e. The Bertz CT molecular complexity index is 700. The maximum absolute atomic E-state index is 13.7. The van der Waals surface area contributed by atoms with Gasteiger partial charge in [0.25, 0.3) is 5.56 Å². The molecule has 2 N–H and O–H groups in total. The fourth-order valence-electron chi connectivity index (χ4n) is 1.70. The van der Waals surface area contributed by atoms with Gasteiger partial charge in [0.05, 0.1) is 16.7 Å². The average Bonchev–Trinajstić information content (AvgIpc) is 2.37. The second kappa shape index (κ2) is 5.35. The van der Waals surface area contributed by atoms with Crippen molar-refractivity contribution >= 4 is 33.2 Å². The zero-order valence-electron chi connectivity index (χ0n) is 10.1. The predicted molar refractivity (Wildman–Crippen MR) is 78.1 cm³/mol. The summed E-state index contributed by atoms with van der Waals surface area (Å²) in [5.74, 6) is -0.411. The minimum absolute atomic E-state index is 0.0777. The molecule has 0 fully saturated rings. The molecule has 0 saturated carbocycles. The van der Waals surface area contributed by atoms with Crippen LogP contribution < -0.4 is 11.3 Å². The molecule has 2 aromatic rings. The van der Waals surface area contributed by atoms with Crippen LogP contribution >= 0.6 is 27.5 Å². The average molecular weight is 346 g/mol. The van der Waals surface area contributed by atoms with Gasteiger partial charge in [-0.2, -0.15) is 0 Å². The Morgan fingerprint density at radius 2 is 2.16 bits per heavy atom. The number of hydrogen-bond acceptors (Lipinski definition) is 2. The normalized spacial score (nSPS) is 10.7. The molecule has 0 unspecified atom stereocenters. The van der Waals surface area contributed by atoms with Crippen LogP contribution in [-0.4, -0.2) is 4.57 Å². The van der Waals surface area contributed by atoms with E-state index in [9.17, 15) is 9.18 Å². The predicted octanol–water partition coefficient (Wildman–Crippen LogP) is 3.34. The van der Waals surface area contributed by atoms with Crippen LogP contribution in [-0.2, 0) is 6.54 Å². The smallest absolute Gasteiger partial charge is 0.265 e. The van der Waals surface area contributed by atoms with Crippen LogP contribution in [0.1, 0.15) is 11.1 Å². The first-order valence-electron chi connectivity index (χ1n) is 5.49. The number of hydrogen-bond donors (Lipinski definition) is 1. The van der Waals surface area contributed by atoms with Crippen LogP contribution in [0.15, 0.2) is 33.7 Å². The zero-order chi connectivity index (χ0) is 14.2. The van der Waals surface area contributed by atoms with Crippen molar-refractivity contribution in [3.63, 3.8) is 0 Å². The molecular weight excluding hydrogens is 335 g/mol. The van der Waals surface area contributed by atoms with E-state index in [1.807, 2.05) is 0 Å². The van der Waals surface area contributed by atoms with Crippen molar-refractivity contribution in [3.8, 4) is 0 Å². The molecule has 2 rings (SSSR count). The fraction of sp³-hybridized carbons (Fsp3) is 0.154. The van der Waals surface area contributed by atoms with Crippen molar-refractivity contribution in [1.82, 2.24) is 4.57 Å². The van der Waals surface area contributed by atoms with Gasteiger partial charge < -0.3 is 10.3 Å². The van der Waals surface area contributed by atoms with Crippen molar-refractivity contribution in [2.24, 2.45) is 0 Å². The van der Waals surface area contributed by atoms with E-state index >= 15 is 0 Å². The third kappa shape index (κ3) is 2.82. The minimum atomic E-state index is -0.411. The maximum atomic E-state index is 13.7. The van der Waals surface area contributed by atoms with Gasteiger partial charge in [-0.25, -0.2) is 4.39 Å². The number of pyridine rings is 1. The molecule has 100 valence electrons. The summed E-state index contributed by atoms with van der Waals surface area (Å²) in [5, 5.41) is 0.420. The Morgan fingerprint density at radius 3 is 2.84 bits per heavy atom. The summed E-state index contributed by atoms with van der Waals surface area (Å²) < 4.78 is 15.4. The minimum Gasteiger partial charge on any atom is -0.397 e. The lowest BCUT2D eigenvalue weighted by Crippen LogP contribution is -2.23. The number of nitrogen functional groups attached to an aromatic ring is 1. The highest BCUT2D eigenvalue weighted by Crippen LogP contribution is 2.19. The summed E-state index contributed by atoms with van der Waals surface area (Å²) in [6.07, 6.45) is 1.50. The van der Waals surface area contributed by atoms with Gasteiger partial charge in [0.1, 0.15) is 5.82 Å². The van der Waals surface area contributed by atoms with Crippen molar-refractivity contribution in [1.29, 1.82) is 0 Å². The second-order valence-corrected chi connectivity index (χ2v) is 5.42. The zero-order valence-corrected chi connectivity index (χ0v) is 12.4. The van der Waals surface area contributed by atoms with E-state index in [4.69, 9.17) is 17.3 Å². The Hall–Kier alpha value is -1.33. The molecule has 0 atom stereocenters. The molecule has 0 radical (unpaired) electrons. The lowest BCUT2D eigenvalue weighted by atomic mass is 10.2. The van der Waals surface area contributed by atoms with Gasteiger partial charge in [-0.1, -0.05) is 11.6 Å². The summed E-state index contributed by atoms with van der Waals surface area (Å²) in [6, 6.07) is 4.23. The quantitative estimate of drug-likeness (QED) is 0.907. The second-order valence-electron chi connectivity index (χ2n) is 4.19. The number of halogens is 3. The Kier molecular flexibility index (Phi) is 3.96. The van der Waals surface area contributed by atoms with Gasteiger partial charge in [0.2, 0.25) is 0 Å². The number of nitrogens with zero attached hydrogens (tertiary/aromatic N) is 1. The molecule has 0 aliphatic rings. The molecule has 0 saturated heterocycles. The molecular formula is C13H11BrClFN2O. The summed E-state index contributed by atoms with van der Waals surface area (Å²) >= 11 is 9.02. The maximum Gasteiger partial charge on any atom is 0.265 e. The van der Waals surface area contributed by atoms with Gasteiger partial charge in [-0.15, -0.1) is 0 Å². The molecule has 0 amide bonds. The van der Waals surface area contributed by atoms with E-state index in [-0.39, 0.29) is 12.1 Å². The van der Waals surface area contributed by atoms with E-state index in [2.05, 4.69) is 15.9 Å². The molecule has 1 aromatic carbocycles. The van der Waals surface area contributed by atoms with Gasteiger partial charge in [-0.05, 0) is 46.6 Å². The van der Waals surface area contributed by atoms with Crippen LogP contribution in [0.4, 0.5) is 10.1 Å². The Labute approximate surface area is 122 Å². The molecule has 0 aliphatic heterocycles. The molecule has 6 heteroatoms. The summed E-state index contributed by atoms with van der Waals surface area (Å²) in [4.78, 5) is 12.0. The van der Waals surface area contributed by atoms with Crippen molar-refractivity contribution in [2.75, 3.05) is 5.73 Å². The first-order valence-corrected chi connectivity index (χ1v) is 6.66. The highest BCUT2D eigenvalue weighted by molar-refractivity contribution is 9.10. The standard InChI is InChI=1S/C13H11BrClFN2O/c1-7-11(17)6-18(13(19)12(7)14)5-8-4-9(15)2-3-10(8)16/h2-4,6H,5,17H2,1H3. The van der Waals surface area contributed by atoms with Crippen molar-refractivity contribution in [2.45, 2.75) is 13.5 Å². The summed E-state index contributed by atoms with van der Waals surface area (Å²) in [6.45, 7) is 1.82. The molecule has 0 spiro atoms. The van der Waals surface area contributed by atoms with E-state index in [1.165, 1.54) is 29.0 Å². The number of rotatable bonds is 2. The van der Waals surface area contributed by atoms with Crippen LogP contribution in [0.25, 0.3) is 0 Å². The van der Waals surface area contributed by atoms with E-state index < -0.39 is 5.82 Å². The van der Waals surface area contributed by atoms with Crippen LogP contribution in [0.5, 0.6) is 0 Å². The Balaban J connectivity index is 2.50. The fourth-order valence-corrected chi connectivity index (χ4v) is 2.35. The summed E-state index contributed by atoms with van der Waals surface area (Å²) in [5.41, 5.74) is 7.02. The van der Waals surface area contributed by atoms with Crippen molar-refractivity contribution < 1.29 is 4.39 Å². The molecule has 1 heterocycles. The van der Waals surface area contributed by atoms with Crippen LogP contribution in [0.3, 0.4) is 0 Å². The Morgan fingerprint density at radius 1 is 1.47 bits per heavy atom. The first kappa shape index (κ1) is 14.1. The van der Waals surface area contributed by atoms with E-state index in [0.717, 1.165) is 0 Å². The monoisotopic (exact) mass is 344 g/mol.